The second kappa shape index (κ2) is 6.46. The summed E-state index contributed by atoms with van der Waals surface area (Å²) in [5.41, 5.74) is 5.55. The van der Waals surface area contributed by atoms with E-state index in [9.17, 15) is 0 Å². The number of nitrogens with two attached hydrogens (primary N) is 1. The zero-order valence-electron chi connectivity index (χ0n) is 10.4. The molecule has 15 heavy (non-hydrogen) atoms. The molecule has 0 amide bonds. The molecule has 3 nitrogen and oxygen atoms in total. The molecule has 1 aliphatic heterocycles. The molecule has 0 aliphatic carbocycles. The fourth-order valence-corrected chi connectivity index (χ4v) is 2.14. The maximum Gasteiger partial charge on any atom is 0.0706 e. The lowest BCUT2D eigenvalue weighted by Gasteiger charge is -2.28. The average Bonchev–Trinajstić information content (AvgIpc) is 2.58. The van der Waals surface area contributed by atoms with Gasteiger partial charge < -0.3 is 10.5 Å². The van der Waals surface area contributed by atoms with Crippen LogP contribution in [0.5, 0.6) is 0 Å². The molecular weight excluding hydrogens is 188 g/mol. The largest absolute Gasteiger partial charge is 0.374 e. The van der Waals surface area contributed by atoms with Crippen molar-refractivity contribution in [2.45, 2.75) is 58.3 Å². The number of hydrogen-bond donors (Lipinski definition) is 1. The van der Waals surface area contributed by atoms with Crippen LogP contribution in [0.3, 0.4) is 0 Å². The minimum absolute atomic E-state index is 0.445. The number of ether oxygens (including phenoxy) is 1. The Morgan fingerprint density at radius 1 is 1.40 bits per heavy atom. The van der Waals surface area contributed by atoms with Crippen molar-refractivity contribution >= 4 is 0 Å². The maximum absolute atomic E-state index is 5.85. The van der Waals surface area contributed by atoms with Crippen LogP contribution < -0.4 is 5.73 Å². The fourth-order valence-electron chi connectivity index (χ4n) is 2.14. The van der Waals surface area contributed by atoms with E-state index < -0.39 is 0 Å². The van der Waals surface area contributed by atoms with Crippen molar-refractivity contribution in [3.63, 3.8) is 0 Å². The van der Waals surface area contributed by atoms with Gasteiger partial charge in [-0.3, -0.25) is 4.90 Å². The Labute approximate surface area is 94.0 Å². The highest BCUT2D eigenvalue weighted by atomic mass is 16.5. The van der Waals surface area contributed by atoms with Gasteiger partial charge in [0, 0.05) is 12.6 Å². The summed E-state index contributed by atoms with van der Waals surface area (Å²) >= 11 is 0. The highest BCUT2D eigenvalue weighted by Crippen LogP contribution is 2.20. The Kier molecular flexibility index (Phi) is 5.58. The van der Waals surface area contributed by atoms with Crippen LogP contribution in [0.15, 0.2) is 0 Å². The summed E-state index contributed by atoms with van der Waals surface area (Å²) in [6.45, 7) is 9.61. The van der Waals surface area contributed by atoms with Crippen LogP contribution in [0.2, 0.25) is 0 Å². The molecular formula is C12H26N2O. The minimum atomic E-state index is 0.445. The Bertz CT molecular complexity index is 173. The first-order valence-electron chi connectivity index (χ1n) is 6.23. The van der Waals surface area contributed by atoms with Gasteiger partial charge in [0.2, 0.25) is 0 Å². The summed E-state index contributed by atoms with van der Waals surface area (Å²) in [6, 6.07) is 0.594. The molecule has 2 N–H and O–H groups in total. The van der Waals surface area contributed by atoms with Crippen LogP contribution in [0.4, 0.5) is 0 Å². The van der Waals surface area contributed by atoms with Crippen LogP contribution in [0, 0.1) is 0 Å². The minimum Gasteiger partial charge on any atom is -0.374 e. The Morgan fingerprint density at radius 2 is 2.13 bits per heavy atom. The highest BCUT2D eigenvalue weighted by molar-refractivity contribution is 4.76. The predicted molar refractivity (Wildman–Crippen MR) is 63.9 cm³/mol. The van der Waals surface area contributed by atoms with E-state index in [1.807, 2.05) is 0 Å². The molecule has 0 radical (unpaired) electrons. The Balaban J connectivity index is 2.30. The second-order valence-corrected chi connectivity index (χ2v) is 4.88. The van der Waals surface area contributed by atoms with Crippen molar-refractivity contribution in [2.24, 2.45) is 5.73 Å². The van der Waals surface area contributed by atoms with Crippen LogP contribution in [0.25, 0.3) is 0 Å². The highest BCUT2D eigenvalue weighted by Gasteiger charge is 2.24. The van der Waals surface area contributed by atoms with E-state index in [2.05, 4.69) is 25.7 Å². The third-order valence-electron chi connectivity index (χ3n) is 3.14. The summed E-state index contributed by atoms with van der Waals surface area (Å²) in [5, 5.41) is 0. The first-order valence-corrected chi connectivity index (χ1v) is 6.23. The predicted octanol–water partition coefficient (Wildman–Crippen LogP) is 1.61. The van der Waals surface area contributed by atoms with Gasteiger partial charge in [-0.1, -0.05) is 0 Å². The second-order valence-electron chi connectivity index (χ2n) is 4.88. The third-order valence-corrected chi connectivity index (χ3v) is 3.14. The van der Waals surface area contributed by atoms with E-state index >= 15 is 0 Å². The van der Waals surface area contributed by atoms with E-state index in [1.54, 1.807) is 0 Å². The molecule has 1 saturated heterocycles. The SMILES string of the molecule is CC1CCC(CN(CCCN)C(C)C)O1. The van der Waals surface area contributed by atoms with Gasteiger partial charge in [-0.15, -0.1) is 0 Å². The van der Waals surface area contributed by atoms with Gasteiger partial charge in [-0.05, 0) is 53.1 Å². The lowest BCUT2D eigenvalue weighted by Crippen LogP contribution is -2.38. The maximum atomic E-state index is 5.85. The molecule has 1 aliphatic rings. The zero-order chi connectivity index (χ0) is 11.3. The molecule has 1 fully saturated rings. The van der Waals surface area contributed by atoms with E-state index in [4.69, 9.17) is 10.5 Å². The molecule has 2 unspecified atom stereocenters. The van der Waals surface area contributed by atoms with Crippen molar-refractivity contribution in [3.8, 4) is 0 Å². The zero-order valence-corrected chi connectivity index (χ0v) is 10.4. The Morgan fingerprint density at radius 3 is 2.60 bits per heavy atom. The average molecular weight is 214 g/mol. The topological polar surface area (TPSA) is 38.5 Å². The molecule has 90 valence electrons. The number of nitrogens with zero attached hydrogens (tertiary/aromatic N) is 1. The van der Waals surface area contributed by atoms with Gasteiger partial charge >= 0.3 is 0 Å². The van der Waals surface area contributed by atoms with Gasteiger partial charge in [0.05, 0.1) is 12.2 Å². The summed E-state index contributed by atoms with van der Waals surface area (Å²) in [4.78, 5) is 2.48. The van der Waals surface area contributed by atoms with Crippen molar-refractivity contribution < 1.29 is 4.74 Å². The summed E-state index contributed by atoms with van der Waals surface area (Å²) < 4.78 is 5.85. The van der Waals surface area contributed by atoms with Crippen molar-refractivity contribution in [1.29, 1.82) is 0 Å². The summed E-state index contributed by atoms with van der Waals surface area (Å²) in [5.74, 6) is 0. The van der Waals surface area contributed by atoms with E-state index in [0.29, 0.717) is 18.2 Å². The lowest BCUT2D eigenvalue weighted by molar-refractivity contribution is 0.0246. The monoisotopic (exact) mass is 214 g/mol. The number of hydrogen-bond acceptors (Lipinski definition) is 3. The van der Waals surface area contributed by atoms with Crippen molar-refractivity contribution in [3.05, 3.63) is 0 Å². The molecule has 2 atom stereocenters. The molecule has 0 saturated carbocycles. The van der Waals surface area contributed by atoms with Crippen LogP contribution >= 0.6 is 0 Å². The quantitative estimate of drug-likeness (QED) is 0.730. The molecule has 0 bridgehead atoms. The Hall–Kier alpha value is -0.120. The van der Waals surface area contributed by atoms with E-state index in [0.717, 1.165) is 26.1 Å². The summed E-state index contributed by atoms with van der Waals surface area (Å²) in [6.07, 6.45) is 4.42. The van der Waals surface area contributed by atoms with Crippen LogP contribution in [0.1, 0.15) is 40.0 Å². The molecule has 1 heterocycles. The number of rotatable bonds is 6. The van der Waals surface area contributed by atoms with Crippen molar-refractivity contribution in [1.82, 2.24) is 4.90 Å². The molecule has 3 heteroatoms. The summed E-state index contributed by atoms with van der Waals surface area (Å²) in [7, 11) is 0. The molecule has 0 aromatic heterocycles. The molecule has 0 aromatic rings. The van der Waals surface area contributed by atoms with Crippen LogP contribution in [-0.4, -0.2) is 42.8 Å². The van der Waals surface area contributed by atoms with Gasteiger partial charge in [0.15, 0.2) is 0 Å². The smallest absolute Gasteiger partial charge is 0.0706 e. The van der Waals surface area contributed by atoms with Gasteiger partial charge in [-0.25, -0.2) is 0 Å². The molecule has 1 rings (SSSR count). The van der Waals surface area contributed by atoms with Crippen molar-refractivity contribution in [2.75, 3.05) is 19.6 Å². The molecule has 0 aromatic carbocycles. The van der Waals surface area contributed by atoms with E-state index in [1.165, 1.54) is 12.8 Å². The lowest BCUT2D eigenvalue weighted by atomic mass is 10.1. The first kappa shape index (κ1) is 12.9. The van der Waals surface area contributed by atoms with Gasteiger partial charge in [-0.2, -0.15) is 0 Å². The molecule has 0 spiro atoms. The normalized spacial score (nSPS) is 26.8. The van der Waals surface area contributed by atoms with E-state index in [-0.39, 0.29) is 0 Å². The van der Waals surface area contributed by atoms with Gasteiger partial charge in [0.25, 0.3) is 0 Å². The third kappa shape index (κ3) is 4.49. The fraction of sp³-hybridized carbons (Fsp3) is 1.00. The van der Waals surface area contributed by atoms with Gasteiger partial charge in [0.1, 0.15) is 0 Å². The first-order chi connectivity index (χ1) is 7.13. The standard InChI is InChI=1S/C12H26N2O/c1-10(2)14(8-4-7-13)9-12-6-5-11(3)15-12/h10-12H,4-9,13H2,1-3H3. The van der Waals surface area contributed by atoms with Crippen LogP contribution in [-0.2, 0) is 4.74 Å².